The monoisotopic (exact) mass is 371 g/mol. The number of benzene rings is 2. The molecule has 27 heavy (non-hydrogen) atoms. The molecule has 0 saturated carbocycles. The molecule has 0 aliphatic rings. The molecular formula is C22H26FNO3. The lowest BCUT2D eigenvalue weighted by Crippen LogP contribution is -2.11. The fourth-order valence-electron chi connectivity index (χ4n) is 3.02. The second kappa shape index (κ2) is 9.86. The van der Waals surface area contributed by atoms with E-state index in [2.05, 4.69) is 13.0 Å². The first kappa shape index (κ1) is 20.6. The zero-order valence-electron chi connectivity index (χ0n) is 15.8. The molecular weight excluding hydrogens is 345 g/mol. The fraction of sp³-hybridized carbons (Fsp3) is 0.364. The van der Waals surface area contributed by atoms with Crippen LogP contribution in [0.2, 0.25) is 0 Å². The van der Waals surface area contributed by atoms with Crippen molar-refractivity contribution in [1.82, 2.24) is 0 Å². The molecule has 0 bridgehead atoms. The number of primary amides is 1. The smallest absolute Gasteiger partial charge is 0.306 e. The molecule has 0 aliphatic heterocycles. The summed E-state index contributed by atoms with van der Waals surface area (Å²) in [7, 11) is 0. The Balaban J connectivity index is 2.26. The molecule has 1 unspecified atom stereocenters. The molecule has 144 valence electrons. The molecule has 0 fully saturated rings. The van der Waals surface area contributed by atoms with E-state index in [1.807, 2.05) is 12.1 Å². The maximum absolute atomic E-state index is 13.2. The zero-order valence-corrected chi connectivity index (χ0v) is 15.8. The van der Waals surface area contributed by atoms with Gasteiger partial charge >= 0.3 is 5.97 Å². The Morgan fingerprint density at radius 3 is 2.15 bits per heavy atom. The van der Waals surface area contributed by atoms with Crippen LogP contribution in [0.5, 0.6) is 0 Å². The number of ether oxygens (including phenoxy) is 1. The van der Waals surface area contributed by atoms with Gasteiger partial charge in [-0.2, -0.15) is 0 Å². The molecule has 2 aromatic rings. The highest BCUT2D eigenvalue weighted by Gasteiger charge is 2.13. The van der Waals surface area contributed by atoms with Gasteiger partial charge in [0.25, 0.3) is 0 Å². The zero-order chi connectivity index (χ0) is 19.8. The number of amides is 1. The van der Waals surface area contributed by atoms with E-state index in [0.29, 0.717) is 25.9 Å². The highest BCUT2D eigenvalue weighted by molar-refractivity contribution is 5.74. The van der Waals surface area contributed by atoms with Crippen molar-refractivity contribution < 1.29 is 18.7 Å². The van der Waals surface area contributed by atoms with Crippen molar-refractivity contribution >= 4 is 11.9 Å². The standard InChI is InChI=1S/C22H26FNO3/c1-3-27-22(26)11-5-17-12-16(4-10-21(24)25)13-19(14-17)15(2)18-6-8-20(23)9-7-18/h6-9,12-15H,3-5,10-11H2,1-2H3,(H2,24,25). The summed E-state index contributed by atoms with van der Waals surface area (Å²) < 4.78 is 18.2. The summed E-state index contributed by atoms with van der Waals surface area (Å²) in [5, 5.41) is 0. The van der Waals surface area contributed by atoms with Gasteiger partial charge in [-0.3, -0.25) is 9.59 Å². The molecule has 2 N–H and O–H groups in total. The summed E-state index contributed by atoms with van der Waals surface area (Å²) in [6.07, 6.45) is 1.68. The Morgan fingerprint density at radius 1 is 1.00 bits per heavy atom. The van der Waals surface area contributed by atoms with Crippen molar-refractivity contribution in [3.63, 3.8) is 0 Å². The van der Waals surface area contributed by atoms with Gasteiger partial charge in [0, 0.05) is 18.8 Å². The molecule has 0 saturated heterocycles. The number of carbonyl (C=O) groups is 2. The third kappa shape index (κ3) is 6.51. The number of nitrogens with two attached hydrogens (primary N) is 1. The molecule has 0 heterocycles. The molecule has 2 rings (SSSR count). The van der Waals surface area contributed by atoms with E-state index >= 15 is 0 Å². The Morgan fingerprint density at radius 2 is 1.59 bits per heavy atom. The molecule has 0 radical (unpaired) electrons. The second-order valence-electron chi connectivity index (χ2n) is 6.63. The number of carbonyl (C=O) groups excluding carboxylic acids is 2. The molecule has 1 atom stereocenters. The molecule has 4 nitrogen and oxygen atoms in total. The number of hydrogen-bond acceptors (Lipinski definition) is 3. The van der Waals surface area contributed by atoms with Gasteiger partial charge in [0.05, 0.1) is 6.61 Å². The van der Waals surface area contributed by atoms with E-state index in [-0.39, 0.29) is 30.0 Å². The van der Waals surface area contributed by atoms with Gasteiger partial charge < -0.3 is 10.5 Å². The SMILES string of the molecule is CCOC(=O)CCc1cc(CCC(N)=O)cc(C(C)c2ccc(F)cc2)c1. The molecule has 0 aliphatic carbocycles. The van der Waals surface area contributed by atoms with Gasteiger partial charge in [0.1, 0.15) is 5.82 Å². The van der Waals surface area contributed by atoms with Gasteiger partial charge in [0.2, 0.25) is 5.91 Å². The van der Waals surface area contributed by atoms with Gasteiger partial charge in [-0.25, -0.2) is 4.39 Å². The minimum atomic E-state index is -0.347. The maximum atomic E-state index is 13.2. The summed E-state index contributed by atoms with van der Waals surface area (Å²) in [5.41, 5.74) is 9.34. The number of aryl methyl sites for hydroxylation is 2. The van der Waals surface area contributed by atoms with E-state index in [1.54, 1.807) is 19.1 Å². The van der Waals surface area contributed by atoms with Crippen LogP contribution in [0.4, 0.5) is 4.39 Å². The van der Waals surface area contributed by atoms with Crippen molar-refractivity contribution in [3.05, 3.63) is 70.5 Å². The average Bonchev–Trinajstić information content (AvgIpc) is 2.65. The first-order chi connectivity index (χ1) is 12.9. The highest BCUT2D eigenvalue weighted by atomic mass is 19.1. The summed E-state index contributed by atoms with van der Waals surface area (Å²) in [5.74, 6) is -0.787. The van der Waals surface area contributed by atoms with Crippen LogP contribution >= 0.6 is 0 Å². The van der Waals surface area contributed by atoms with Gasteiger partial charge in [-0.15, -0.1) is 0 Å². The first-order valence-corrected chi connectivity index (χ1v) is 9.21. The average molecular weight is 371 g/mol. The van der Waals surface area contributed by atoms with Crippen LogP contribution in [0, 0.1) is 5.82 Å². The van der Waals surface area contributed by atoms with Crippen LogP contribution in [0.3, 0.4) is 0 Å². The van der Waals surface area contributed by atoms with Gasteiger partial charge in [-0.05, 0) is 54.2 Å². The van der Waals surface area contributed by atoms with E-state index in [1.165, 1.54) is 12.1 Å². The molecule has 1 amide bonds. The van der Waals surface area contributed by atoms with Gasteiger partial charge in [0.15, 0.2) is 0 Å². The normalized spacial score (nSPS) is 11.8. The predicted octanol–water partition coefficient (Wildman–Crippen LogP) is 3.89. The summed E-state index contributed by atoms with van der Waals surface area (Å²) in [4.78, 5) is 22.8. The number of hydrogen-bond donors (Lipinski definition) is 1. The van der Waals surface area contributed by atoms with Crippen molar-refractivity contribution in [3.8, 4) is 0 Å². The van der Waals surface area contributed by atoms with E-state index in [9.17, 15) is 14.0 Å². The topological polar surface area (TPSA) is 69.4 Å². The highest BCUT2D eigenvalue weighted by Crippen LogP contribution is 2.27. The quantitative estimate of drug-likeness (QED) is 0.680. The van der Waals surface area contributed by atoms with Crippen molar-refractivity contribution in [2.75, 3.05) is 6.61 Å². The summed E-state index contributed by atoms with van der Waals surface area (Å²) in [6.45, 7) is 4.20. The third-order valence-electron chi connectivity index (χ3n) is 4.53. The second-order valence-corrected chi connectivity index (χ2v) is 6.63. The van der Waals surface area contributed by atoms with Crippen molar-refractivity contribution in [2.24, 2.45) is 5.73 Å². The Labute approximate surface area is 159 Å². The van der Waals surface area contributed by atoms with E-state index in [0.717, 1.165) is 22.3 Å². The van der Waals surface area contributed by atoms with E-state index in [4.69, 9.17) is 10.5 Å². The lowest BCUT2D eigenvalue weighted by Gasteiger charge is -2.16. The minimum Gasteiger partial charge on any atom is -0.466 e. The Kier molecular flexibility index (Phi) is 7.53. The van der Waals surface area contributed by atoms with E-state index < -0.39 is 0 Å². The van der Waals surface area contributed by atoms with Crippen LogP contribution in [-0.2, 0) is 27.2 Å². The molecule has 2 aromatic carbocycles. The van der Waals surface area contributed by atoms with Crippen LogP contribution in [0.25, 0.3) is 0 Å². The minimum absolute atomic E-state index is 0.0560. The van der Waals surface area contributed by atoms with Crippen LogP contribution in [-0.4, -0.2) is 18.5 Å². The first-order valence-electron chi connectivity index (χ1n) is 9.21. The Hall–Kier alpha value is -2.69. The molecule has 5 heteroatoms. The number of esters is 1. The maximum Gasteiger partial charge on any atom is 0.306 e. The van der Waals surface area contributed by atoms with Gasteiger partial charge in [-0.1, -0.05) is 37.3 Å². The number of rotatable bonds is 9. The molecule has 0 aromatic heterocycles. The predicted molar refractivity (Wildman–Crippen MR) is 103 cm³/mol. The number of halogens is 1. The molecule has 0 spiro atoms. The largest absolute Gasteiger partial charge is 0.466 e. The van der Waals surface area contributed by atoms with Crippen LogP contribution in [0.15, 0.2) is 42.5 Å². The third-order valence-corrected chi connectivity index (χ3v) is 4.53. The van der Waals surface area contributed by atoms with Crippen LogP contribution < -0.4 is 5.73 Å². The summed E-state index contributed by atoms with van der Waals surface area (Å²) in [6, 6.07) is 12.5. The summed E-state index contributed by atoms with van der Waals surface area (Å²) >= 11 is 0. The fourth-order valence-corrected chi connectivity index (χ4v) is 3.02. The lowest BCUT2D eigenvalue weighted by molar-refractivity contribution is -0.143. The van der Waals surface area contributed by atoms with Crippen molar-refractivity contribution in [1.29, 1.82) is 0 Å². The van der Waals surface area contributed by atoms with Crippen LogP contribution in [0.1, 0.15) is 54.9 Å². The Bertz CT molecular complexity index is 787. The van der Waals surface area contributed by atoms with Crippen molar-refractivity contribution in [2.45, 2.75) is 45.4 Å². The lowest BCUT2D eigenvalue weighted by atomic mass is 9.89.